The molecule has 150 valence electrons. The zero-order chi connectivity index (χ0) is 20.5. The molecule has 0 saturated heterocycles. The third kappa shape index (κ3) is 5.71. The topological polar surface area (TPSA) is 69.0 Å². The van der Waals surface area contributed by atoms with E-state index in [1.807, 2.05) is 59.2 Å². The van der Waals surface area contributed by atoms with E-state index in [4.69, 9.17) is 4.74 Å². The van der Waals surface area contributed by atoms with E-state index in [1.165, 1.54) is 11.8 Å². The van der Waals surface area contributed by atoms with E-state index in [9.17, 15) is 4.79 Å². The number of thioether (sulfide) groups is 1. The molecule has 0 unspecified atom stereocenters. The van der Waals surface area contributed by atoms with Crippen molar-refractivity contribution < 1.29 is 9.53 Å². The van der Waals surface area contributed by atoms with Crippen LogP contribution in [0, 0.1) is 0 Å². The second-order valence-electron chi connectivity index (χ2n) is 6.31. The van der Waals surface area contributed by atoms with Crippen molar-refractivity contribution in [1.82, 2.24) is 20.1 Å². The minimum Gasteiger partial charge on any atom is -0.497 e. The van der Waals surface area contributed by atoms with Gasteiger partial charge in [0, 0.05) is 18.7 Å². The van der Waals surface area contributed by atoms with Crippen LogP contribution in [0.4, 0.5) is 0 Å². The minimum absolute atomic E-state index is 0.0297. The van der Waals surface area contributed by atoms with Gasteiger partial charge in [-0.2, -0.15) is 0 Å². The van der Waals surface area contributed by atoms with Crippen LogP contribution >= 0.6 is 11.8 Å². The Morgan fingerprint density at radius 2 is 1.93 bits per heavy atom. The fourth-order valence-electron chi connectivity index (χ4n) is 2.81. The van der Waals surface area contributed by atoms with Gasteiger partial charge in [0.25, 0.3) is 0 Å². The highest BCUT2D eigenvalue weighted by molar-refractivity contribution is 7.99. The smallest absolute Gasteiger partial charge is 0.230 e. The Morgan fingerprint density at radius 1 is 1.17 bits per heavy atom. The van der Waals surface area contributed by atoms with Gasteiger partial charge in [-0.05, 0) is 24.1 Å². The van der Waals surface area contributed by atoms with E-state index in [2.05, 4.69) is 22.1 Å². The van der Waals surface area contributed by atoms with Gasteiger partial charge in [0.1, 0.15) is 5.75 Å². The van der Waals surface area contributed by atoms with Crippen LogP contribution in [0.3, 0.4) is 0 Å². The lowest BCUT2D eigenvalue weighted by molar-refractivity contribution is -0.118. The predicted molar refractivity (Wildman–Crippen MR) is 116 cm³/mol. The zero-order valence-corrected chi connectivity index (χ0v) is 17.2. The van der Waals surface area contributed by atoms with Gasteiger partial charge in [-0.15, -0.1) is 16.8 Å². The maximum absolute atomic E-state index is 12.2. The molecule has 1 aromatic heterocycles. The van der Waals surface area contributed by atoms with E-state index < -0.39 is 0 Å². The second kappa shape index (κ2) is 10.5. The lowest BCUT2D eigenvalue weighted by Gasteiger charge is -2.08. The third-order valence-electron chi connectivity index (χ3n) is 4.29. The van der Waals surface area contributed by atoms with E-state index in [0.29, 0.717) is 18.2 Å². The first-order chi connectivity index (χ1) is 14.2. The standard InChI is InChI=1S/C22H24N4O2S/c1-3-15-26-21(18-7-5-4-6-8-18)24-25-22(26)29-16-20(27)23-14-13-17-9-11-19(28-2)12-10-17/h3-12H,1,13-16H2,2H3,(H,23,27). The van der Waals surface area contributed by atoms with Crippen LogP contribution in [-0.4, -0.2) is 40.1 Å². The number of carbonyl (C=O) groups is 1. The lowest BCUT2D eigenvalue weighted by Crippen LogP contribution is -2.27. The summed E-state index contributed by atoms with van der Waals surface area (Å²) in [5.74, 6) is 1.85. The van der Waals surface area contributed by atoms with Crippen molar-refractivity contribution in [3.63, 3.8) is 0 Å². The Hall–Kier alpha value is -3.06. The summed E-state index contributed by atoms with van der Waals surface area (Å²) >= 11 is 1.37. The van der Waals surface area contributed by atoms with Crippen molar-refractivity contribution in [2.45, 2.75) is 18.1 Å². The number of nitrogens with one attached hydrogen (secondary N) is 1. The summed E-state index contributed by atoms with van der Waals surface area (Å²) < 4.78 is 7.12. The minimum atomic E-state index is -0.0297. The normalized spacial score (nSPS) is 10.5. The molecule has 3 aromatic rings. The Labute approximate surface area is 175 Å². The highest BCUT2D eigenvalue weighted by Gasteiger charge is 2.14. The average Bonchev–Trinajstić information content (AvgIpc) is 3.16. The fraction of sp³-hybridized carbons (Fsp3) is 0.227. The Kier molecular flexibility index (Phi) is 7.47. The predicted octanol–water partition coefficient (Wildman–Crippen LogP) is 3.59. The molecule has 29 heavy (non-hydrogen) atoms. The Morgan fingerprint density at radius 3 is 2.62 bits per heavy atom. The molecule has 6 nitrogen and oxygen atoms in total. The first kappa shape index (κ1) is 20.7. The third-order valence-corrected chi connectivity index (χ3v) is 5.25. The van der Waals surface area contributed by atoms with E-state index in [0.717, 1.165) is 29.1 Å². The number of aromatic nitrogens is 3. The van der Waals surface area contributed by atoms with Crippen LogP contribution in [0.1, 0.15) is 5.56 Å². The first-order valence-electron chi connectivity index (χ1n) is 9.33. The number of nitrogens with zero attached hydrogens (tertiary/aromatic N) is 3. The van der Waals surface area contributed by atoms with Crippen molar-refractivity contribution in [2.24, 2.45) is 0 Å². The number of amides is 1. The molecule has 0 bridgehead atoms. The largest absolute Gasteiger partial charge is 0.497 e. The molecule has 0 radical (unpaired) electrons. The first-order valence-corrected chi connectivity index (χ1v) is 10.3. The maximum atomic E-state index is 12.2. The molecule has 1 heterocycles. The van der Waals surface area contributed by atoms with E-state index in [1.54, 1.807) is 13.2 Å². The van der Waals surface area contributed by atoms with Crippen LogP contribution in [0.5, 0.6) is 5.75 Å². The number of allylic oxidation sites excluding steroid dienone is 1. The number of hydrogen-bond acceptors (Lipinski definition) is 5. The van der Waals surface area contributed by atoms with Crippen LogP contribution in [0.2, 0.25) is 0 Å². The monoisotopic (exact) mass is 408 g/mol. The highest BCUT2D eigenvalue weighted by Crippen LogP contribution is 2.23. The number of benzene rings is 2. The Balaban J connectivity index is 1.53. The molecule has 7 heteroatoms. The van der Waals surface area contributed by atoms with Crippen molar-refractivity contribution >= 4 is 17.7 Å². The number of rotatable bonds is 10. The summed E-state index contributed by atoms with van der Waals surface area (Å²) in [7, 11) is 1.64. The molecule has 1 N–H and O–H groups in total. The molecule has 0 aliphatic rings. The summed E-state index contributed by atoms with van der Waals surface area (Å²) in [5.41, 5.74) is 2.13. The van der Waals surface area contributed by atoms with Gasteiger partial charge >= 0.3 is 0 Å². The molecule has 0 fully saturated rings. The van der Waals surface area contributed by atoms with Gasteiger partial charge in [-0.1, -0.05) is 60.3 Å². The number of ether oxygens (including phenoxy) is 1. The van der Waals surface area contributed by atoms with Crippen LogP contribution in [0.25, 0.3) is 11.4 Å². The van der Waals surface area contributed by atoms with Gasteiger partial charge in [0.2, 0.25) is 5.91 Å². The van der Waals surface area contributed by atoms with Crippen LogP contribution in [0.15, 0.2) is 72.4 Å². The van der Waals surface area contributed by atoms with Crippen molar-refractivity contribution in [1.29, 1.82) is 0 Å². The van der Waals surface area contributed by atoms with Crippen molar-refractivity contribution in [3.8, 4) is 17.1 Å². The molecule has 1 amide bonds. The summed E-state index contributed by atoms with van der Waals surface area (Å²) in [6.07, 6.45) is 2.57. The lowest BCUT2D eigenvalue weighted by atomic mass is 10.1. The maximum Gasteiger partial charge on any atom is 0.230 e. The number of carbonyl (C=O) groups excluding carboxylic acids is 1. The van der Waals surface area contributed by atoms with Gasteiger partial charge in [0.15, 0.2) is 11.0 Å². The second-order valence-corrected chi connectivity index (χ2v) is 7.25. The molecular formula is C22H24N4O2S. The molecule has 0 aliphatic heterocycles. The summed E-state index contributed by atoms with van der Waals surface area (Å²) in [6.45, 7) is 4.98. The molecule has 0 saturated carbocycles. The van der Waals surface area contributed by atoms with Gasteiger partial charge in [0.05, 0.1) is 12.9 Å². The van der Waals surface area contributed by atoms with Gasteiger partial charge in [-0.3, -0.25) is 9.36 Å². The fourth-order valence-corrected chi connectivity index (χ4v) is 3.59. The van der Waals surface area contributed by atoms with Crippen LogP contribution in [-0.2, 0) is 17.8 Å². The average molecular weight is 409 g/mol. The quantitative estimate of drug-likeness (QED) is 0.410. The van der Waals surface area contributed by atoms with Crippen molar-refractivity contribution in [2.75, 3.05) is 19.4 Å². The Bertz CT molecular complexity index is 939. The van der Waals surface area contributed by atoms with Gasteiger partial charge < -0.3 is 10.1 Å². The summed E-state index contributed by atoms with van der Waals surface area (Å²) in [5, 5.41) is 12.2. The van der Waals surface area contributed by atoms with E-state index in [-0.39, 0.29) is 11.7 Å². The molecule has 0 spiro atoms. The SMILES string of the molecule is C=CCn1c(SCC(=O)NCCc2ccc(OC)cc2)nnc1-c1ccccc1. The van der Waals surface area contributed by atoms with Crippen LogP contribution < -0.4 is 10.1 Å². The van der Waals surface area contributed by atoms with Gasteiger partial charge in [-0.25, -0.2) is 0 Å². The highest BCUT2D eigenvalue weighted by atomic mass is 32.2. The molecule has 3 rings (SSSR count). The van der Waals surface area contributed by atoms with Crippen molar-refractivity contribution in [3.05, 3.63) is 72.8 Å². The number of methoxy groups -OCH3 is 1. The molecular weight excluding hydrogens is 384 g/mol. The molecule has 0 aliphatic carbocycles. The number of hydrogen-bond donors (Lipinski definition) is 1. The molecule has 2 aromatic carbocycles. The summed E-state index contributed by atoms with van der Waals surface area (Å²) in [6, 6.07) is 17.7. The van der Waals surface area contributed by atoms with E-state index >= 15 is 0 Å². The zero-order valence-electron chi connectivity index (χ0n) is 16.4. The molecule has 0 atom stereocenters. The summed E-state index contributed by atoms with van der Waals surface area (Å²) in [4.78, 5) is 12.2.